The van der Waals surface area contributed by atoms with Gasteiger partial charge in [-0.15, -0.1) is 0 Å². The first-order valence-electron chi connectivity index (χ1n) is 4.39. The lowest BCUT2D eigenvalue weighted by atomic mass is 10.2. The van der Waals surface area contributed by atoms with Crippen molar-refractivity contribution in [1.29, 1.82) is 0 Å². The first-order valence-corrected chi connectivity index (χ1v) is 7.25. The highest BCUT2D eigenvalue weighted by Gasteiger charge is 2.11. The van der Waals surface area contributed by atoms with Crippen LogP contribution in [0.25, 0.3) is 10.9 Å². The molecule has 0 saturated carbocycles. The Labute approximate surface area is 96.5 Å². The van der Waals surface area contributed by atoms with Crippen LogP contribution in [0.1, 0.15) is 5.56 Å². The fraction of sp³-hybridized carbons (Fsp3) is 0.200. The van der Waals surface area contributed by atoms with E-state index in [1.54, 1.807) is 6.20 Å². The number of sulfone groups is 1. The molecule has 0 saturated heterocycles. The summed E-state index contributed by atoms with van der Waals surface area (Å²) in [6.07, 6.45) is 2.99. The Morgan fingerprint density at radius 1 is 1.40 bits per heavy atom. The van der Waals surface area contributed by atoms with E-state index in [9.17, 15) is 8.42 Å². The molecule has 15 heavy (non-hydrogen) atoms. The van der Waals surface area contributed by atoms with Gasteiger partial charge in [-0.05, 0) is 17.7 Å². The van der Waals surface area contributed by atoms with Crippen LogP contribution in [0.15, 0.2) is 28.9 Å². The molecule has 1 heterocycles. The molecule has 1 N–H and O–H groups in total. The van der Waals surface area contributed by atoms with E-state index in [-0.39, 0.29) is 5.75 Å². The van der Waals surface area contributed by atoms with Crippen LogP contribution in [-0.4, -0.2) is 19.7 Å². The molecule has 0 aliphatic carbocycles. The predicted molar refractivity (Wildman–Crippen MR) is 64.5 cm³/mol. The minimum Gasteiger partial charge on any atom is -0.361 e. The molecular weight excluding hydrogens is 278 g/mol. The first kappa shape index (κ1) is 10.7. The molecule has 0 amide bonds. The number of halogens is 1. The minimum absolute atomic E-state index is 0.0651. The van der Waals surface area contributed by atoms with Gasteiger partial charge in [0, 0.05) is 27.8 Å². The lowest BCUT2D eigenvalue weighted by Crippen LogP contribution is -1.99. The Balaban J connectivity index is 2.63. The molecule has 0 spiro atoms. The fourth-order valence-corrected chi connectivity index (χ4v) is 3.02. The van der Waals surface area contributed by atoms with E-state index in [1.807, 2.05) is 18.2 Å². The van der Waals surface area contributed by atoms with Crippen molar-refractivity contribution in [3.63, 3.8) is 0 Å². The van der Waals surface area contributed by atoms with Crippen molar-refractivity contribution in [2.24, 2.45) is 0 Å². The molecule has 5 heteroatoms. The lowest BCUT2D eigenvalue weighted by molar-refractivity contribution is 0.601. The molecule has 0 aliphatic rings. The maximum atomic E-state index is 11.2. The van der Waals surface area contributed by atoms with E-state index in [0.717, 1.165) is 20.9 Å². The van der Waals surface area contributed by atoms with Gasteiger partial charge in [-0.2, -0.15) is 0 Å². The summed E-state index contributed by atoms with van der Waals surface area (Å²) in [4.78, 5) is 3.06. The van der Waals surface area contributed by atoms with Gasteiger partial charge in [-0.3, -0.25) is 0 Å². The van der Waals surface area contributed by atoms with Gasteiger partial charge in [-0.25, -0.2) is 8.42 Å². The summed E-state index contributed by atoms with van der Waals surface area (Å²) in [6, 6.07) is 5.74. The summed E-state index contributed by atoms with van der Waals surface area (Å²) in [7, 11) is -3.00. The van der Waals surface area contributed by atoms with Crippen molar-refractivity contribution in [3.8, 4) is 0 Å². The highest BCUT2D eigenvalue weighted by Crippen LogP contribution is 2.27. The van der Waals surface area contributed by atoms with Crippen molar-refractivity contribution in [2.45, 2.75) is 5.75 Å². The van der Waals surface area contributed by atoms with E-state index >= 15 is 0 Å². The quantitative estimate of drug-likeness (QED) is 0.923. The average Bonchev–Trinajstić information content (AvgIpc) is 2.47. The Kier molecular flexibility index (Phi) is 2.60. The van der Waals surface area contributed by atoms with Crippen molar-refractivity contribution in [1.82, 2.24) is 4.98 Å². The van der Waals surface area contributed by atoms with Crippen LogP contribution in [0.2, 0.25) is 0 Å². The second-order valence-corrected chi connectivity index (χ2v) is 6.54. The SMILES string of the molecule is CS(=O)(=O)Cc1c[nH]c2cccc(Br)c12. The van der Waals surface area contributed by atoms with E-state index in [0.29, 0.717) is 0 Å². The molecule has 2 rings (SSSR count). The molecule has 2 aromatic rings. The second kappa shape index (κ2) is 3.64. The molecule has 0 bridgehead atoms. The molecule has 3 nitrogen and oxygen atoms in total. The highest BCUT2D eigenvalue weighted by molar-refractivity contribution is 9.10. The third-order valence-corrected chi connectivity index (χ3v) is 3.65. The Bertz CT molecular complexity index is 601. The second-order valence-electron chi connectivity index (χ2n) is 3.55. The zero-order chi connectivity index (χ0) is 11.1. The van der Waals surface area contributed by atoms with Gasteiger partial charge in [0.2, 0.25) is 0 Å². The monoisotopic (exact) mass is 287 g/mol. The van der Waals surface area contributed by atoms with Crippen molar-refractivity contribution in [2.75, 3.05) is 6.26 Å². The number of rotatable bonds is 2. The van der Waals surface area contributed by atoms with Crippen LogP contribution in [0.5, 0.6) is 0 Å². The predicted octanol–water partition coefficient (Wildman–Crippen LogP) is 2.48. The zero-order valence-electron chi connectivity index (χ0n) is 8.12. The van der Waals surface area contributed by atoms with Gasteiger partial charge in [-0.1, -0.05) is 22.0 Å². The molecule has 0 radical (unpaired) electrons. The molecule has 0 atom stereocenters. The summed E-state index contributed by atoms with van der Waals surface area (Å²) in [5.74, 6) is 0.0651. The number of nitrogens with one attached hydrogen (secondary N) is 1. The smallest absolute Gasteiger partial charge is 0.151 e. The number of hydrogen-bond acceptors (Lipinski definition) is 2. The van der Waals surface area contributed by atoms with Gasteiger partial charge in [0.25, 0.3) is 0 Å². The minimum atomic E-state index is -3.00. The maximum absolute atomic E-state index is 11.2. The summed E-state index contributed by atoms with van der Waals surface area (Å²) < 4.78 is 23.4. The van der Waals surface area contributed by atoms with Gasteiger partial charge in [0.15, 0.2) is 9.84 Å². The average molecular weight is 288 g/mol. The van der Waals surface area contributed by atoms with Gasteiger partial charge in [0.1, 0.15) is 0 Å². The molecular formula is C10H10BrNO2S. The highest BCUT2D eigenvalue weighted by atomic mass is 79.9. The summed E-state index contributed by atoms with van der Waals surface area (Å²) in [5, 5.41) is 0.947. The molecule has 0 fully saturated rings. The van der Waals surface area contributed by atoms with Gasteiger partial charge in [0.05, 0.1) is 5.75 Å². The topological polar surface area (TPSA) is 49.9 Å². The van der Waals surface area contributed by atoms with Crippen LogP contribution in [-0.2, 0) is 15.6 Å². The third-order valence-electron chi connectivity index (χ3n) is 2.15. The van der Waals surface area contributed by atoms with Crippen molar-refractivity contribution < 1.29 is 8.42 Å². The lowest BCUT2D eigenvalue weighted by Gasteiger charge is -1.99. The normalized spacial score (nSPS) is 12.1. The zero-order valence-corrected chi connectivity index (χ0v) is 10.5. The Hall–Kier alpha value is -0.810. The Morgan fingerprint density at radius 3 is 2.80 bits per heavy atom. The van der Waals surface area contributed by atoms with Crippen molar-refractivity contribution >= 4 is 36.7 Å². The largest absolute Gasteiger partial charge is 0.361 e. The summed E-state index contributed by atoms with van der Waals surface area (Å²) in [6.45, 7) is 0. The van der Waals surface area contributed by atoms with E-state index in [2.05, 4.69) is 20.9 Å². The molecule has 1 aromatic carbocycles. The van der Waals surface area contributed by atoms with E-state index in [4.69, 9.17) is 0 Å². The summed E-state index contributed by atoms with van der Waals surface area (Å²) >= 11 is 3.42. The van der Waals surface area contributed by atoms with Gasteiger partial charge >= 0.3 is 0 Å². The van der Waals surface area contributed by atoms with Crippen LogP contribution in [0.4, 0.5) is 0 Å². The summed E-state index contributed by atoms with van der Waals surface area (Å²) in [5.41, 5.74) is 1.75. The molecule has 0 aliphatic heterocycles. The van der Waals surface area contributed by atoms with Crippen LogP contribution >= 0.6 is 15.9 Å². The van der Waals surface area contributed by atoms with Crippen LogP contribution < -0.4 is 0 Å². The first-order chi connectivity index (χ1) is 6.97. The standard InChI is InChI=1S/C10H10BrNO2S/c1-15(13,14)6-7-5-12-9-4-2-3-8(11)10(7)9/h2-5,12H,6H2,1H3. The number of aromatic amines is 1. The van der Waals surface area contributed by atoms with E-state index in [1.165, 1.54) is 6.26 Å². The fourth-order valence-electron chi connectivity index (χ4n) is 1.60. The Morgan fingerprint density at radius 2 is 2.13 bits per heavy atom. The third kappa shape index (κ3) is 2.23. The molecule has 0 unspecified atom stereocenters. The number of fused-ring (bicyclic) bond motifs is 1. The maximum Gasteiger partial charge on any atom is 0.151 e. The van der Waals surface area contributed by atoms with Crippen molar-refractivity contribution in [3.05, 3.63) is 34.4 Å². The molecule has 1 aromatic heterocycles. The number of benzene rings is 1. The number of aromatic nitrogens is 1. The molecule has 80 valence electrons. The number of H-pyrrole nitrogens is 1. The van der Waals surface area contributed by atoms with Crippen LogP contribution in [0.3, 0.4) is 0 Å². The van der Waals surface area contributed by atoms with E-state index < -0.39 is 9.84 Å². The van der Waals surface area contributed by atoms with Gasteiger partial charge < -0.3 is 4.98 Å². The van der Waals surface area contributed by atoms with Crippen LogP contribution in [0, 0.1) is 0 Å². The number of hydrogen-bond donors (Lipinski definition) is 1.